The molecule has 0 aromatic heterocycles. The number of nitro benzene ring substituents is 1. The molecule has 2 aromatic rings. The molecule has 2 aliphatic heterocycles. The van der Waals surface area contributed by atoms with Crippen molar-refractivity contribution in [2.24, 2.45) is 11.8 Å². The van der Waals surface area contributed by atoms with Crippen molar-refractivity contribution in [1.29, 1.82) is 0 Å². The summed E-state index contributed by atoms with van der Waals surface area (Å²) >= 11 is 0. The molecule has 0 aliphatic carbocycles. The third-order valence-electron chi connectivity index (χ3n) is 7.36. The molecule has 1 fully saturated rings. The molecular formula is C28H31N3O8S. The SMILES string of the molecule is CCN(CC)C(=O)c1cccc(S(=O)C2=C(C(=O)OCc3ccc([N+](=O)[O-])cc3)N3C(=O)[C@H]([C@@H](C)O)[C@H]3[C@H]2C)c1. The van der Waals surface area contributed by atoms with Crippen LogP contribution < -0.4 is 0 Å². The first-order chi connectivity index (χ1) is 19.0. The largest absolute Gasteiger partial charge is 0.456 e. The van der Waals surface area contributed by atoms with Gasteiger partial charge < -0.3 is 19.6 Å². The van der Waals surface area contributed by atoms with Gasteiger partial charge in [0.15, 0.2) is 0 Å². The van der Waals surface area contributed by atoms with Crippen LogP contribution in [0.25, 0.3) is 0 Å². The fourth-order valence-corrected chi connectivity index (χ4v) is 6.78. The van der Waals surface area contributed by atoms with Crippen LogP contribution in [0.2, 0.25) is 0 Å². The summed E-state index contributed by atoms with van der Waals surface area (Å²) in [6, 6.07) is 11.3. The second-order valence-corrected chi connectivity index (χ2v) is 11.2. The van der Waals surface area contributed by atoms with Crippen LogP contribution in [-0.2, 0) is 31.7 Å². The minimum atomic E-state index is -1.93. The summed E-state index contributed by atoms with van der Waals surface area (Å²) in [6.07, 6.45) is -0.976. The van der Waals surface area contributed by atoms with Crippen molar-refractivity contribution in [1.82, 2.24) is 9.80 Å². The number of rotatable bonds is 10. The van der Waals surface area contributed by atoms with Gasteiger partial charge in [-0.15, -0.1) is 0 Å². The summed E-state index contributed by atoms with van der Waals surface area (Å²) in [4.78, 5) is 53.1. The zero-order chi connectivity index (χ0) is 29.3. The lowest BCUT2D eigenvalue weighted by molar-refractivity contribution is -0.384. The zero-order valence-electron chi connectivity index (χ0n) is 22.6. The highest BCUT2D eigenvalue weighted by Gasteiger charge is 2.61. The number of esters is 1. The summed E-state index contributed by atoms with van der Waals surface area (Å²) in [5.74, 6) is -2.86. The van der Waals surface area contributed by atoms with Crippen LogP contribution in [-0.4, -0.2) is 67.1 Å². The van der Waals surface area contributed by atoms with Gasteiger partial charge in [0.1, 0.15) is 12.3 Å². The van der Waals surface area contributed by atoms with Gasteiger partial charge in [-0.05, 0) is 56.7 Å². The van der Waals surface area contributed by atoms with Gasteiger partial charge in [0, 0.05) is 41.6 Å². The third-order valence-corrected chi connectivity index (χ3v) is 9.01. The zero-order valence-corrected chi connectivity index (χ0v) is 23.4. The Bertz CT molecular complexity index is 1400. The molecule has 0 bridgehead atoms. The molecule has 4 rings (SSSR count). The number of nitro groups is 1. The van der Waals surface area contributed by atoms with Crippen molar-refractivity contribution in [3.05, 3.63) is 80.4 Å². The predicted octanol–water partition coefficient (Wildman–Crippen LogP) is 3.00. The minimum absolute atomic E-state index is 0.111. The highest BCUT2D eigenvalue weighted by atomic mass is 32.2. The molecule has 40 heavy (non-hydrogen) atoms. The minimum Gasteiger partial charge on any atom is -0.456 e. The van der Waals surface area contributed by atoms with Crippen LogP contribution in [0.1, 0.15) is 43.6 Å². The predicted molar refractivity (Wildman–Crippen MR) is 145 cm³/mol. The Kier molecular flexibility index (Phi) is 8.50. The van der Waals surface area contributed by atoms with Gasteiger partial charge in [-0.25, -0.2) is 9.00 Å². The Balaban J connectivity index is 1.68. The fraction of sp³-hybridized carbons (Fsp3) is 0.393. The summed E-state index contributed by atoms with van der Waals surface area (Å²) in [7, 11) is -1.93. The average molecular weight is 570 g/mol. The van der Waals surface area contributed by atoms with Crippen LogP contribution in [0, 0.1) is 22.0 Å². The number of carbonyl (C=O) groups excluding carboxylic acids is 3. The van der Waals surface area contributed by atoms with E-state index in [1.807, 2.05) is 13.8 Å². The average Bonchev–Trinajstić information content (AvgIpc) is 3.20. The van der Waals surface area contributed by atoms with E-state index in [2.05, 4.69) is 0 Å². The first-order valence-corrected chi connectivity index (χ1v) is 14.1. The molecular weight excluding hydrogens is 538 g/mol. The maximum absolute atomic E-state index is 14.0. The van der Waals surface area contributed by atoms with E-state index in [0.717, 1.165) is 0 Å². The molecule has 1 saturated heterocycles. The summed E-state index contributed by atoms with van der Waals surface area (Å²) in [5.41, 5.74) is 0.591. The number of carbonyl (C=O) groups is 3. The van der Waals surface area contributed by atoms with Crippen LogP contribution >= 0.6 is 0 Å². The van der Waals surface area contributed by atoms with Crippen molar-refractivity contribution in [3.63, 3.8) is 0 Å². The molecule has 2 aromatic carbocycles. The van der Waals surface area contributed by atoms with Gasteiger partial charge in [0.05, 0.1) is 38.7 Å². The third kappa shape index (κ3) is 5.16. The normalized spacial score (nSPS) is 21.4. The molecule has 0 saturated carbocycles. The number of aliphatic hydroxyl groups is 1. The second-order valence-electron chi connectivity index (χ2n) is 9.74. The molecule has 2 heterocycles. The Morgan fingerprint density at radius 3 is 2.40 bits per heavy atom. The number of hydrogen-bond donors (Lipinski definition) is 1. The van der Waals surface area contributed by atoms with E-state index in [9.17, 15) is 33.8 Å². The van der Waals surface area contributed by atoms with Gasteiger partial charge in [-0.1, -0.05) is 13.0 Å². The van der Waals surface area contributed by atoms with E-state index in [-0.39, 0.29) is 28.8 Å². The van der Waals surface area contributed by atoms with E-state index < -0.39 is 51.6 Å². The molecule has 11 nitrogen and oxygen atoms in total. The van der Waals surface area contributed by atoms with E-state index >= 15 is 0 Å². The molecule has 1 N–H and O–H groups in total. The monoisotopic (exact) mass is 569 g/mol. The molecule has 5 atom stereocenters. The summed E-state index contributed by atoms with van der Waals surface area (Å²) in [5, 5.41) is 21.1. The van der Waals surface area contributed by atoms with Crippen molar-refractivity contribution in [2.45, 2.75) is 51.3 Å². The van der Waals surface area contributed by atoms with Gasteiger partial charge >= 0.3 is 5.97 Å². The topological polar surface area (TPSA) is 147 Å². The van der Waals surface area contributed by atoms with Crippen LogP contribution in [0.15, 0.2) is 64.0 Å². The van der Waals surface area contributed by atoms with Gasteiger partial charge in [0.25, 0.3) is 11.6 Å². The van der Waals surface area contributed by atoms with E-state index in [0.29, 0.717) is 29.1 Å². The lowest BCUT2D eigenvalue weighted by Gasteiger charge is -2.46. The van der Waals surface area contributed by atoms with Crippen molar-refractivity contribution in [3.8, 4) is 0 Å². The molecule has 2 aliphatic rings. The molecule has 0 radical (unpaired) electrons. The number of non-ortho nitro benzene ring substituents is 1. The number of nitrogens with zero attached hydrogens (tertiary/aromatic N) is 3. The standard InChI is InChI=1S/C28H31N3O8S/c1-5-29(6-2)26(33)19-8-7-9-21(14-19)40(38)25-16(3)23-22(17(4)32)27(34)30(23)24(25)28(35)39-15-18-10-12-20(13-11-18)31(36)37/h7-14,16-17,22-23,32H,5-6,15H2,1-4H3/t16-,17-,22-,23-,40?/m1/s1. The van der Waals surface area contributed by atoms with Crippen molar-refractivity contribution < 1.29 is 33.4 Å². The molecule has 1 unspecified atom stereocenters. The first-order valence-electron chi connectivity index (χ1n) is 13.0. The first kappa shape index (κ1) is 29.1. The Morgan fingerprint density at radius 2 is 1.82 bits per heavy atom. The maximum Gasteiger partial charge on any atom is 0.356 e. The van der Waals surface area contributed by atoms with Gasteiger partial charge in [0.2, 0.25) is 5.91 Å². The van der Waals surface area contributed by atoms with Crippen molar-refractivity contribution in [2.75, 3.05) is 13.1 Å². The lowest BCUT2D eigenvalue weighted by atomic mass is 9.79. The number of β-lactam (4-membered cyclic amide) rings is 1. The smallest absolute Gasteiger partial charge is 0.356 e. The second kappa shape index (κ2) is 11.7. The van der Waals surface area contributed by atoms with E-state index in [1.54, 1.807) is 30.0 Å². The van der Waals surface area contributed by atoms with Gasteiger partial charge in [-0.3, -0.25) is 19.7 Å². The van der Waals surface area contributed by atoms with Crippen molar-refractivity contribution >= 4 is 34.3 Å². The van der Waals surface area contributed by atoms with Gasteiger partial charge in [-0.2, -0.15) is 0 Å². The molecule has 2 amide bonds. The van der Waals surface area contributed by atoms with Crippen LogP contribution in [0.3, 0.4) is 0 Å². The Hall–Kier alpha value is -3.90. The number of benzene rings is 2. The molecule has 212 valence electrons. The number of fused-ring (bicyclic) bond motifs is 1. The number of aliphatic hydroxyl groups excluding tert-OH is 1. The van der Waals surface area contributed by atoms with E-state index in [4.69, 9.17) is 4.74 Å². The summed E-state index contributed by atoms with van der Waals surface area (Å²) in [6.45, 7) is 7.76. The number of amides is 2. The van der Waals surface area contributed by atoms with E-state index in [1.165, 1.54) is 42.2 Å². The number of ether oxygens (including phenoxy) is 1. The highest BCUT2D eigenvalue weighted by molar-refractivity contribution is 7.89. The summed E-state index contributed by atoms with van der Waals surface area (Å²) < 4.78 is 19.5. The quantitative estimate of drug-likeness (QED) is 0.199. The fourth-order valence-electron chi connectivity index (χ4n) is 5.26. The Morgan fingerprint density at radius 1 is 1.18 bits per heavy atom. The Labute approximate surface area is 234 Å². The van der Waals surface area contributed by atoms with Crippen LogP contribution in [0.5, 0.6) is 0 Å². The highest BCUT2D eigenvalue weighted by Crippen LogP contribution is 2.49. The maximum atomic E-state index is 14.0. The molecule has 0 spiro atoms. The van der Waals surface area contributed by atoms with Crippen LogP contribution in [0.4, 0.5) is 5.69 Å². The number of hydrogen-bond acceptors (Lipinski definition) is 8. The molecule has 12 heteroatoms. The lowest BCUT2D eigenvalue weighted by Crippen LogP contribution is -2.63.